The summed E-state index contributed by atoms with van der Waals surface area (Å²) < 4.78 is 7.17. The van der Waals surface area contributed by atoms with Gasteiger partial charge in [-0.3, -0.25) is 0 Å². The van der Waals surface area contributed by atoms with E-state index in [0.29, 0.717) is 5.92 Å². The quantitative estimate of drug-likeness (QED) is 0.856. The number of nitrogens with one attached hydrogen (secondary N) is 1. The minimum atomic E-state index is 0.586. The maximum Gasteiger partial charge on any atom is 0.0734 e. The molecular weight excluding hydrogens is 242 g/mol. The highest BCUT2D eigenvalue weighted by atomic mass is 32.1. The van der Waals surface area contributed by atoms with Gasteiger partial charge in [0.2, 0.25) is 0 Å². The van der Waals surface area contributed by atoms with E-state index >= 15 is 0 Å². The third-order valence-electron chi connectivity index (χ3n) is 2.82. The Balaban J connectivity index is 2.24. The molecule has 0 radical (unpaired) electrons. The van der Waals surface area contributed by atoms with Crippen molar-refractivity contribution in [3.8, 4) is 0 Å². The van der Waals surface area contributed by atoms with Crippen molar-refractivity contribution in [2.45, 2.75) is 27.0 Å². The highest BCUT2D eigenvalue weighted by molar-refractivity contribution is 7.19. The Bertz CT molecular complexity index is 504. The first kappa shape index (κ1) is 13.5. The van der Waals surface area contributed by atoms with Crippen molar-refractivity contribution in [1.82, 2.24) is 5.32 Å². The molecule has 0 saturated heterocycles. The number of rotatable bonds is 6. The second-order valence-corrected chi connectivity index (χ2v) is 6.08. The molecule has 2 nitrogen and oxygen atoms in total. The van der Waals surface area contributed by atoms with E-state index in [2.05, 4.69) is 43.4 Å². The van der Waals surface area contributed by atoms with Gasteiger partial charge in [0.15, 0.2) is 0 Å². The van der Waals surface area contributed by atoms with Crippen LogP contribution >= 0.6 is 11.3 Å². The molecule has 0 aliphatic carbocycles. The van der Waals surface area contributed by atoms with Crippen LogP contribution in [0.1, 0.15) is 24.3 Å². The van der Waals surface area contributed by atoms with Crippen LogP contribution in [0.15, 0.2) is 24.3 Å². The maximum atomic E-state index is 5.81. The Morgan fingerprint density at radius 2 is 2.06 bits per heavy atom. The summed E-state index contributed by atoms with van der Waals surface area (Å²) in [5.74, 6) is 0.586. The summed E-state index contributed by atoms with van der Waals surface area (Å²) in [7, 11) is 1.99. The van der Waals surface area contributed by atoms with Gasteiger partial charge >= 0.3 is 0 Å². The average Bonchev–Trinajstić information content (AvgIpc) is 2.68. The molecular formula is C15H21NOS. The van der Waals surface area contributed by atoms with Crippen molar-refractivity contribution in [3.63, 3.8) is 0 Å². The third-order valence-corrected chi connectivity index (χ3v) is 4.03. The van der Waals surface area contributed by atoms with Gasteiger partial charge in [-0.05, 0) is 24.4 Å². The Kier molecular flexibility index (Phi) is 4.75. The number of ether oxygens (including phenoxy) is 1. The van der Waals surface area contributed by atoms with Crippen LogP contribution in [-0.2, 0) is 17.9 Å². The Hall–Kier alpha value is -0.900. The first-order valence-corrected chi connectivity index (χ1v) is 7.25. The number of hydrogen-bond donors (Lipinski definition) is 1. The fourth-order valence-corrected chi connectivity index (χ4v) is 3.23. The SMILES string of the molecule is CNCc1sc2ccccc2c1COCC(C)C. The smallest absolute Gasteiger partial charge is 0.0734 e. The van der Waals surface area contributed by atoms with Crippen LogP contribution < -0.4 is 5.32 Å². The van der Waals surface area contributed by atoms with Crippen LogP contribution in [0, 0.1) is 5.92 Å². The summed E-state index contributed by atoms with van der Waals surface area (Å²) in [6.07, 6.45) is 0. The summed E-state index contributed by atoms with van der Waals surface area (Å²) in [6.45, 7) is 6.82. The minimum absolute atomic E-state index is 0.586. The molecule has 2 rings (SSSR count). The molecule has 0 bridgehead atoms. The van der Waals surface area contributed by atoms with Gasteiger partial charge in [-0.1, -0.05) is 32.0 Å². The van der Waals surface area contributed by atoms with Gasteiger partial charge in [-0.15, -0.1) is 11.3 Å². The van der Waals surface area contributed by atoms with E-state index in [4.69, 9.17) is 4.74 Å². The number of thiophene rings is 1. The first-order valence-electron chi connectivity index (χ1n) is 6.44. The van der Waals surface area contributed by atoms with Crippen molar-refractivity contribution in [1.29, 1.82) is 0 Å². The lowest BCUT2D eigenvalue weighted by Crippen LogP contribution is -2.07. The predicted octanol–water partition coefficient (Wildman–Crippen LogP) is 3.79. The lowest BCUT2D eigenvalue weighted by Gasteiger charge is -2.08. The zero-order chi connectivity index (χ0) is 13.0. The molecule has 0 fully saturated rings. The zero-order valence-corrected chi connectivity index (χ0v) is 12.1. The van der Waals surface area contributed by atoms with Gasteiger partial charge in [-0.2, -0.15) is 0 Å². The van der Waals surface area contributed by atoms with E-state index in [9.17, 15) is 0 Å². The number of fused-ring (bicyclic) bond motifs is 1. The second kappa shape index (κ2) is 6.32. The lowest BCUT2D eigenvalue weighted by atomic mass is 10.1. The predicted molar refractivity (Wildman–Crippen MR) is 79.1 cm³/mol. The van der Waals surface area contributed by atoms with Crippen molar-refractivity contribution < 1.29 is 4.74 Å². The molecule has 98 valence electrons. The summed E-state index contributed by atoms with van der Waals surface area (Å²) in [5, 5.41) is 4.58. The van der Waals surface area contributed by atoms with E-state index in [1.54, 1.807) is 0 Å². The molecule has 0 aliphatic heterocycles. The number of benzene rings is 1. The topological polar surface area (TPSA) is 21.3 Å². The summed E-state index contributed by atoms with van der Waals surface area (Å²) in [5.41, 5.74) is 1.35. The van der Waals surface area contributed by atoms with Crippen molar-refractivity contribution in [2.24, 2.45) is 5.92 Å². The zero-order valence-electron chi connectivity index (χ0n) is 11.3. The van der Waals surface area contributed by atoms with Gasteiger partial charge in [0.1, 0.15) is 0 Å². The molecule has 0 amide bonds. The van der Waals surface area contributed by atoms with Gasteiger partial charge in [-0.25, -0.2) is 0 Å². The Morgan fingerprint density at radius 3 is 2.78 bits per heavy atom. The van der Waals surface area contributed by atoms with E-state index in [-0.39, 0.29) is 0 Å². The molecule has 1 aromatic carbocycles. The normalized spacial score (nSPS) is 11.6. The van der Waals surface area contributed by atoms with E-state index < -0.39 is 0 Å². The molecule has 1 N–H and O–H groups in total. The second-order valence-electron chi connectivity index (χ2n) is 4.94. The van der Waals surface area contributed by atoms with Gasteiger partial charge in [0.25, 0.3) is 0 Å². The molecule has 3 heteroatoms. The fraction of sp³-hybridized carbons (Fsp3) is 0.467. The first-order chi connectivity index (χ1) is 8.72. The van der Waals surface area contributed by atoms with E-state index in [0.717, 1.165) is 19.8 Å². The minimum Gasteiger partial charge on any atom is -0.376 e. The fourth-order valence-electron chi connectivity index (χ4n) is 2.01. The lowest BCUT2D eigenvalue weighted by molar-refractivity contribution is 0.0975. The molecule has 1 aromatic heterocycles. The van der Waals surface area contributed by atoms with Gasteiger partial charge < -0.3 is 10.1 Å². The van der Waals surface area contributed by atoms with E-state index in [1.807, 2.05) is 18.4 Å². The molecule has 0 atom stereocenters. The summed E-state index contributed by atoms with van der Waals surface area (Å²) in [6, 6.07) is 8.58. The van der Waals surface area contributed by atoms with Crippen LogP contribution in [0.2, 0.25) is 0 Å². The van der Waals surface area contributed by atoms with Crippen LogP contribution in [0.5, 0.6) is 0 Å². The van der Waals surface area contributed by atoms with Crippen molar-refractivity contribution >= 4 is 21.4 Å². The molecule has 0 unspecified atom stereocenters. The highest BCUT2D eigenvalue weighted by Gasteiger charge is 2.11. The largest absolute Gasteiger partial charge is 0.376 e. The summed E-state index contributed by atoms with van der Waals surface area (Å²) >= 11 is 1.86. The standard InChI is InChI=1S/C15H21NOS/c1-11(2)9-17-10-13-12-6-4-5-7-14(12)18-15(13)8-16-3/h4-7,11,16H,8-10H2,1-3H3. The molecule has 2 aromatic rings. The molecule has 0 saturated carbocycles. The monoisotopic (exact) mass is 263 g/mol. The maximum absolute atomic E-state index is 5.81. The van der Waals surface area contributed by atoms with Crippen LogP contribution in [0.3, 0.4) is 0 Å². The summed E-state index contributed by atoms with van der Waals surface area (Å²) in [4.78, 5) is 1.39. The Labute approximate surface area is 113 Å². The van der Waals surface area contributed by atoms with Crippen molar-refractivity contribution in [3.05, 3.63) is 34.7 Å². The third kappa shape index (κ3) is 3.10. The highest BCUT2D eigenvalue weighted by Crippen LogP contribution is 2.31. The van der Waals surface area contributed by atoms with Gasteiger partial charge in [0, 0.05) is 28.3 Å². The van der Waals surface area contributed by atoms with E-state index in [1.165, 1.54) is 20.5 Å². The van der Waals surface area contributed by atoms with Crippen LogP contribution in [0.25, 0.3) is 10.1 Å². The molecule has 0 spiro atoms. The molecule has 0 aliphatic rings. The Morgan fingerprint density at radius 1 is 1.28 bits per heavy atom. The average molecular weight is 263 g/mol. The van der Waals surface area contributed by atoms with Gasteiger partial charge in [0.05, 0.1) is 6.61 Å². The molecule has 18 heavy (non-hydrogen) atoms. The van der Waals surface area contributed by atoms with Crippen molar-refractivity contribution in [2.75, 3.05) is 13.7 Å². The molecule has 1 heterocycles. The van der Waals surface area contributed by atoms with Crippen LogP contribution in [0.4, 0.5) is 0 Å². The number of hydrogen-bond acceptors (Lipinski definition) is 3. The van der Waals surface area contributed by atoms with Crippen LogP contribution in [-0.4, -0.2) is 13.7 Å².